The van der Waals surface area contributed by atoms with Gasteiger partial charge in [0.05, 0.1) is 6.04 Å². The van der Waals surface area contributed by atoms with Gasteiger partial charge in [-0.05, 0) is 57.1 Å². The van der Waals surface area contributed by atoms with Crippen LogP contribution in [0.4, 0.5) is 10.4 Å². The van der Waals surface area contributed by atoms with E-state index in [0.717, 1.165) is 12.2 Å². The maximum absolute atomic E-state index is 12.7. The molecule has 1 saturated heterocycles. The number of likely N-dealkylation sites (tertiary alicyclic amines) is 1. The van der Waals surface area contributed by atoms with Gasteiger partial charge in [0, 0.05) is 12.1 Å². The molecule has 6 nitrogen and oxygen atoms in total. The van der Waals surface area contributed by atoms with Crippen molar-refractivity contribution in [3.8, 4) is 11.5 Å². The van der Waals surface area contributed by atoms with E-state index in [0.29, 0.717) is 5.56 Å². The molecule has 1 unspecified atom stereocenters. The second kappa shape index (κ2) is 8.54. The summed E-state index contributed by atoms with van der Waals surface area (Å²) in [6.07, 6.45) is 2.12. The quantitative estimate of drug-likeness (QED) is 0.867. The summed E-state index contributed by atoms with van der Waals surface area (Å²) < 4.78 is 18.0. The summed E-state index contributed by atoms with van der Waals surface area (Å²) in [5, 5.41) is 10.2. The summed E-state index contributed by atoms with van der Waals surface area (Å²) in [5.41, 5.74) is 0.616. The van der Waals surface area contributed by atoms with Crippen molar-refractivity contribution >= 4 is 12.3 Å². The van der Waals surface area contributed by atoms with Crippen LogP contribution in [-0.4, -0.2) is 47.6 Å². The lowest BCUT2D eigenvalue weighted by molar-refractivity contribution is -0.108. The number of nitrogens with one attached hydrogen (secondary N) is 1. The molecule has 1 aliphatic heterocycles. The monoisotopic (exact) mass is 334 g/mol. The summed E-state index contributed by atoms with van der Waals surface area (Å²) in [6, 6.07) is 5.44. The first-order chi connectivity index (χ1) is 11.5. The number of benzene rings is 1. The third kappa shape index (κ3) is 5.42. The highest BCUT2D eigenvalue weighted by Gasteiger charge is 2.13. The van der Waals surface area contributed by atoms with E-state index in [2.05, 4.69) is 34.4 Å². The Labute approximate surface area is 141 Å². The first-order valence-electron chi connectivity index (χ1n) is 7.97. The molecule has 1 fully saturated rings. The van der Waals surface area contributed by atoms with Crippen molar-refractivity contribution in [1.82, 2.24) is 15.1 Å². The van der Waals surface area contributed by atoms with Crippen molar-refractivity contribution in [3.05, 3.63) is 30.1 Å². The van der Waals surface area contributed by atoms with E-state index in [1.54, 1.807) is 6.92 Å². The molecule has 0 radical (unpaired) electrons. The Morgan fingerprint density at radius 1 is 1.38 bits per heavy atom. The van der Waals surface area contributed by atoms with E-state index in [1.165, 1.54) is 43.8 Å². The molecule has 0 spiro atoms. The molecule has 0 saturated carbocycles. The molecular formula is C17H23FN4O2. The second-order valence-corrected chi connectivity index (χ2v) is 6.14. The number of carbonyl (C=O) groups excluding carboxylic acids is 1. The van der Waals surface area contributed by atoms with Gasteiger partial charge in [0.25, 0.3) is 0 Å². The standard InChI is InChI=1S/C11H10FN3O2.C6H13N/c1-7(6-16)13-11-15-14-10(17-11)8-2-4-9(12)5-3-8;1-6-3-4-7(2)5-6/h2-7H,1H3,(H,13,15);6H,3-5H2,1-2H3/t7-;/m1./s1. The minimum atomic E-state index is -0.406. The SMILES string of the molecule is CC1CCN(C)C1.C[C@H](C=O)Nc1nnc(-c2ccc(F)cc2)o1. The topological polar surface area (TPSA) is 71.3 Å². The van der Waals surface area contributed by atoms with Crippen molar-refractivity contribution in [3.63, 3.8) is 0 Å². The van der Waals surface area contributed by atoms with Crippen LogP contribution in [0.2, 0.25) is 0 Å². The number of hydrogen-bond acceptors (Lipinski definition) is 6. The van der Waals surface area contributed by atoms with Gasteiger partial charge in [0.15, 0.2) is 0 Å². The van der Waals surface area contributed by atoms with Crippen LogP contribution in [0.3, 0.4) is 0 Å². The first kappa shape index (κ1) is 18.1. The third-order valence-corrected chi connectivity index (χ3v) is 3.70. The number of halogens is 1. The fourth-order valence-electron chi connectivity index (χ4n) is 2.37. The van der Waals surface area contributed by atoms with Crippen LogP contribution in [0.25, 0.3) is 11.5 Å². The Bertz CT molecular complexity index is 636. The predicted molar refractivity (Wildman–Crippen MR) is 90.1 cm³/mol. The van der Waals surface area contributed by atoms with Crippen LogP contribution >= 0.6 is 0 Å². The summed E-state index contributed by atoms with van der Waals surface area (Å²) in [6.45, 7) is 6.58. The zero-order valence-electron chi connectivity index (χ0n) is 14.2. The fourth-order valence-corrected chi connectivity index (χ4v) is 2.37. The summed E-state index contributed by atoms with van der Waals surface area (Å²) >= 11 is 0. The van der Waals surface area contributed by atoms with Gasteiger partial charge in [-0.3, -0.25) is 0 Å². The van der Waals surface area contributed by atoms with Gasteiger partial charge in [0.1, 0.15) is 12.1 Å². The van der Waals surface area contributed by atoms with Gasteiger partial charge in [-0.15, -0.1) is 5.10 Å². The molecule has 24 heavy (non-hydrogen) atoms. The fraction of sp³-hybridized carbons (Fsp3) is 0.471. The Balaban J connectivity index is 0.000000249. The lowest BCUT2D eigenvalue weighted by atomic mass is 10.2. The van der Waals surface area contributed by atoms with Crippen LogP contribution < -0.4 is 5.32 Å². The van der Waals surface area contributed by atoms with E-state index >= 15 is 0 Å². The van der Waals surface area contributed by atoms with E-state index < -0.39 is 6.04 Å². The molecule has 7 heteroatoms. The van der Waals surface area contributed by atoms with Crippen LogP contribution in [0.15, 0.2) is 28.7 Å². The third-order valence-electron chi connectivity index (χ3n) is 3.70. The Hall–Kier alpha value is -2.28. The number of aromatic nitrogens is 2. The lowest BCUT2D eigenvalue weighted by Crippen LogP contribution is -2.16. The molecule has 130 valence electrons. The minimum absolute atomic E-state index is 0.156. The van der Waals surface area contributed by atoms with Gasteiger partial charge in [0.2, 0.25) is 5.89 Å². The van der Waals surface area contributed by atoms with Crippen molar-refractivity contribution < 1.29 is 13.6 Å². The summed E-state index contributed by atoms with van der Waals surface area (Å²) in [4.78, 5) is 12.8. The van der Waals surface area contributed by atoms with Crippen LogP contribution in [0.5, 0.6) is 0 Å². The van der Waals surface area contributed by atoms with E-state index in [9.17, 15) is 9.18 Å². The van der Waals surface area contributed by atoms with Gasteiger partial charge in [-0.2, -0.15) is 0 Å². The molecule has 0 bridgehead atoms. The molecular weight excluding hydrogens is 311 g/mol. The molecule has 0 aliphatic carbocycles. The molecule has 2 aromatic rings. The van der Waals surface area contributed by atoms with Gasteiger partial charge < -0.3 is 19.4 Å². The van der Waals surface area contributed by atoms with Crippen molar-refractivity contribution in [2.75, 3.05) is 25.5 Å². The molecule has 0 amide bonds. The molecule has 3 rings (SSSR count). The average Bonchev–Trinajstić information content (AvgIpc) is 3.17. The summed E-state index contributed by atoms with van der Waals surface area (Å²) in [7, 11) is 2.18. The highest BCUT2D eigenvalue weighted by molar-refractivity contribution is 5.61. The maximum Gasteiger partial charge on any atom is 0.316 e. The lowest BCUT2D eigenvalue weighted by Gasteiger charge is -2.03. The maximum atomic E-state index is 12.7. The Kier molecular flexibility index (Phi) is 6.43. The second-order valence-electron chi connectivity index (χ2n) is 6.14. The first-order valence-corrected chi connectivity index (χ1v) is 7.97. The number of anilines is 1. The molecule has 1 aromatic carbocycles. The summed E-state index contributed by atoms with van der Waals surface area (Å²) in [5.74, 6) is 0.886. The zero-order chi connectivity index (χ0) is 17.5. The molecule has 1 aliphatic rings. The molecule has 2 heterocycles. The van der Waals surface area contributed by atoms with Crippen LogP contribution in [-0.2, 0) is 4.79 Å². The zero-order valence-corrected chi connectivity index (χ0v) is 14.2. The van der Waals surface area contributed by atoms with Crippen molar-refractivity contribution in [1.29, 1.82) is 0 Å². The highest BCUT2D eigenvalue weighted by atomic mass is 19.1. The highest BCUT2D eigenvalue weighted by Crippen LogP contribution is 2.20. The van der Waals surface area contributed by atoms with Crippen LogP contribution in [0, 0.1) is 11.7 Å². The number of aldehydes is 1. The van der Waals surface area contributed by atoms with Crippen molar-refractivity contribution in [2.45, 2.75) is 26.3 Å². The van der Waals surface area contributed by atoms with E-state index in [4.69, 9.17) is 4.42 Å². The number of hydrogen-bond donors (Lipinski definition) is 1. The van der Waals surface area contributed by atoms with E-state index in [1.807, 2.05) is 0 Å². The molecule has 2 atom stereocenters. The molecule has 1 N–H and O–H groups in total. The van der Waals surface area contributed by atoms with Gasteiger partial charge in [-0.1, -0.05) is 12.0 Å². The van der Waals surface area contributed by atoms with Crippen molar-refractivity contribution in [2.24, 2.45) is 5.92 Å². The number of rotatable bonds is 4. The van der Waals surface area contributed by atoms with Crippen LogP contribution in [0.1, 0.15) is 20.3 Å². The smallest absolute Gasteiger partial charge is 0.316 e. The average molecular weight is 334 g/mol. The number of nitrogens with zero attached hydrogens (tertiary/aromatic N) is 3. The Morgan fingerprint density at radius 3 is 2.58 bits per heavy atom. The Morgan fingerprint density at radius 2 is 2.08 bits per heavy atom. The predicted octanol–water partition coefficient (Wildman–Crippen LogP) is 2.83. The van der Waals surface area contributed by atoms with Gasteiger partial charge >= 0.3 is 6.01 Å². The largest absolute Gasteiger partial charge is 0.403 e. The van der Waals surface area contributed by atoms with E-state index in [-0.39, 0.29) is 17.7 Å². The van der Waals surface area contributed by atoms with Gasteiger partial charge in [-0.25, -0.2) is 4.39 Å². The molecule has 1 aromatic heterocycles. The minimum Gasteiger partial charge on any atom is -0.403 e. The number of carbonyl (C=O) groups is 1. The normalized spacial score (nSPS) is 18.6.